The molecule has 0 aromatic heterocycles. The van der Waals surface area contributed by atoms with Crippen molar-refractivity contribution < 1.29 is 24.6 Å². The summed E-state index contributed by atoms with van der Waals surface area (Å²) < 4.78 is 0. The molecule has 1 amide bonds. The van der Waals surface area contributed by atoms with Gasteiger partial charge in [-0.05, 0) is 60.8 Å². The smallest absolute Gasteiger partial charge is 0.323 e. The molecule has 2 aromatic rings. The fraction of sp³-hybridized carbons (Fsp3) is 0.414. The van der Waals surface area contributed by atoms with Crippen LogP contribution in [0, 0.1) is 11.8 Å². The zero-order chi connectivity index (χ0) is 25.7. The van der Waals surface area contributed by atoms with Gasteiger partial charge < -0.3 is 20.4 Å². The van der Waals surface area contributed by atoms with E-state index in [1.165, 1.54) is 16.3 Å². The van der Waals surface area contributed by atoms with Crippen molar-refractivity contribution in [2.75, 3.05) is 13.1 Å². The first-order valence-corrected chi connectivity index (χ1v) is 12.7. The minimum atomic E-state index is -1.23. The first kappa shape index (κ1) is 25.6. The first-order valence-electron chi connectivity index (χ1n) is 12.7. The molecule has 4 rings (SSSR count). The summed E-state index contributed by atoms with van der Waals surface area (Å²) in [5.74, 6) is -2.22. The lowest BCUT2D eigenvalue weighted by Gasteiger charge is -2.36. The predicted octanol–water partition coefficient (Wildman–Crippen LogP) is 4.55. The quantitative estimate of drug-likeness (QED) is 0.476. The summed E-state index contributed by atoms with van der Waals surface area (Å²) in [5.41, 5.74) is 1.68. The van der Waals surface area contributed by atoms with Crippen LogP contribution in [0.25, 0.3) is 10.8 Å². The molecular formula is C29H34N2O5. The van der Waals surface area contributed by atoms with E-state index in [9.17, 15) is 14.4 Å². The second-order valence-corrected chi connectivity index (χ2v) is 9.95. The van der Waals surface area contributed by atoms with E-state index in [0.29, 0.717) is 29.9 Å². The SMILES string of the molecule is C[C@@H](N[C@H]1CCC[C@H](C2C=CC(C(=O)N(CC(=O)O)CC(=O)O)=CC2)C1)c1cccc2ccccc12. The van der Waals surface area contributed by atoms with Crippen molar-refractivity contribution in [1.82, 2.24) is 10.2 Å². The monoisotopic (exact) mass is 490 g/mol. The molecule has 0 aliphatic heterocycles. The van der Waals surface area contributed by atoms with Crippen LogP contribution in [0.4, 0.5) is 0 Å². The highest BCUT2D eigenvalue weighted by Gasteiger charge is 2.30. The molecule has 36 heavy (non-hydrogen) atoms. The molecule has 2 aliphatic carbocycles. The summed E-state index contributed by atoms with van der Waals surface area (Å²) >= 11 is 0. The van der Waals surface area contributed by atoms with Crippen LogP contribution in [-0.4, -0.2) is 52.1 Å². The van der Waals surface area contributed by atoms with E-state index < -0.39 is 30.9 Å². The van der Waals surface area contributed by atoms with Crippen LogP contribution in [0.2, 0.25) is 0 Å². The number of allylic oxidation sites excluding steroid dienone is 2. The van der Waals surface area contributed by atoms with Crippen molar-refractivity contribution in [2.24, 2.45) is 11.8 Å². The number of benzene rings is 2. The van der Waals surface area contributed by atoms with Gasteiger partial charge in [-0.25, -0.2) is 0 Å². The number of hydrogen-bond donors (Lipinski definition) is 3. The normalized spacial score (nSPS) is 22.6. The van der Waals surface area contributed by atoms with Crippen LogP contribution in [-0.2, 0) is 14.4 Å². The molecule has 2 aliphatic rings. The highest BCUT2D eigenvalue weighted by Crippen LogP contribution is 2.36. The molecule has 0 spiro atoms. The van der Waals surface area contributed by atoms with Crippen LogP contribution in [0.1, 0.15) is 50.6 Å². The zero-order valence-electron chi connectivity index (χ0n) is 20.6. The molecule has 3 N–H and O–H groups in total. The van der Waals surface area contributed by atoms with E-state index in [2.05, 4.69) is 54.7 Å². The van der Waals surface area contributed by atoms with Gasteiger partial charge in [0, 0.05) is 17.7 Å². The summed E-state index contributed by atoms with van der Waals surface area (Å²) in [6, 6.07) is 15.6. The fourth-order valence-electron chi connectivity index (χ4n) is 5.69. The number of rotatable bonds is 9. The van der Waals surface area contributed by atoms with Gasteiger partial charge in [-0.15, -0.1) is 0 Å². The van der Waals surface area contributed by atoms with E-state index in [-0.39, 0.29) is 6.04 Å². The van der Waals surface area contributed by atoms with Gasteiger partial charge in [-0.1, -0.05) is 67.1 Å². The molecule has 1 unspecified atom stereocenters. The Morgan fingerprint density at radius 3 is 2.44 bits per heavy atom. The molecule has 4 atom stereocenters. The third-order valence-electron chi connectivity index (χ3n) is 7.42. The molecule has 7 heteroatoms. The van der Waals surface area contributed by atoms with Crippen molar-refractivity contribution in [2.45, 2.75) is 51.1 Å². The third kappa shape index (κ3) is 6.21. The molecule has 1 fully saturated rings. The average Bonchev–Trinajstić information content (AvgIpc) is 2.87. The number of fused-ring (bicyclic) bond motifs is 1. The molecule has 1 saturated carbocycles. The van der Waals surface area contributed by atoms with Gasteiger partial charge in [0.1, 0.15) is 13.1 Å². The molecule has 0 saturated heterocycles. The summed E-state index contributed by atoms with van der Waals surface area (Å²) in [5, 5.41) is 24.5. The molecule has 0 bridgehead atoms. The second kappa shape index (κ2) is 11.5. The Kier molecular flexibility index (Phi) is 8.21. The summed E-state index contributed by atoms with van der Waals surface area (Å²) in [7, 11) is 0. The van der Waals surface area contributed by atoms with E-state index in [1.54, 1.807) is 6.08 Å². The highest BCUT2D eigenvalue weighted by molar-refractivity contribution is 5.99. The molecule has 7 nitrogen and oxygen atoms in total. The Hall–Kier alpha value is -3.45. The number of carboxylic acids is 2. The Bertz CT molecular complexity index is 1170. The molecule has 0 heterocycles. The minimum Gasteiger partial charge on any atom is -0.480 e. The van der Waals surface area contributed by atoms with Gasteiger partial charge >= 0.3 is 11.9 Å². The minimum absolute atomic E-state index is 0.236. The lowest BCUT2D eigenvalue weighted by atomic mass is 9.74. The van der Waals surface area contributed by atoms with Crippen molar-refractivity contribution in [3.8, 4) is 0 Å². The third-order valence-corrected chi connectivity index (χ3v) is 7.42. The topological polar surface area (TPSA) is 107 Å². The van der Waals surface area contributed by atoms with Crippen molar-refractivity contribution in [1.29, 1.82) is 0 Å². The van der Waals surface area contributed by atoms with Gasteiger partial charge in [-0.2, -0.15) is 0 Å². The highest BCUT2D eigenvalue weighted by atomic mass is 16.4. The lowest BCUT2D eigenvalue weighted by Crippen LogP contribution is -2.40. The van der Waals surface area contributed by atoms with Crippen molar-refractivity contribution >= 4 is 28.6 Å². The summed E-state index contributed by atoms with van der Waals surface area (Å²) in [4.78, 5) is 35.7. The van der Waals surface area contributed by atoms with Crippen molar-refractivity contribution in [3.05, 3.63) is 71.8 Å². The number of nitrogens with one attached hydrogen (secondary N) is 1. The molecule has 2 aromatic carbocycles. The Balaban J connectivity index is 1.36. The van der Waals surface area contributed by atoms with Gasteiger partial charge in [0.15, 0.2) is 0 Å². The van der Waals surface area contributed by atoms with Gasteiger partial charge in [0.25, 0.3) is 5.91 Å². The second-order valence-electron chi connectivity index (χ2n) is 9.95. The summed E-state index contributed by atoms with van der Waals surface area (Å²) in [6.45, 7) is 0.960. The van der Waals surface area contributed by atoms with E-state index in [4.69, 9.17) is 10.2 Å². The number of amides is 1. The van der Waals surface area contributed by atoms with Crippen LogP contribution in [0.15, 0.2) is 66.3 Å². The maximum absolute atomic E-state index is 12.7. The lowest BCUT2D eigenvalue weighted by molar-refractivity contribution is -0.147. The van der Waals surface area contributed by atoms with Gasteiger partial charge in [0.2, 0.25) is 0 Å². The Morgan fingerprint density at radius 2 is 1.75 bits per heavy atom. The largest absolute Gasteiger partial charge is 0.480 e. The van der Waals surface area contributed by atoms with Crippen LogP contribution in [0.5, 0.6) is 0 Å². The maximum atomic E-state index is 12.7. The number of carbonyl (C=O) groups excluding carboxylic acids is 1. The molecule has 0 radical (unpaired) electrons. The average molecular weight is 491 g/mol. The Labute approximate surface area is 211 Å². The zero-order valence-corrected chi connectivity index (χ0v) is 20.6. The van der Waals surface area contributed by atoms with Gasteiger partial charge in [0.05, 0.1) is 0 Å². The molecular weight excluding hydrogens is 456 g/mol. The van der Waals surface area contributed by atoms with Crippen LogP contribution >= 0.6 is 0 Å². The van der Waals surface area contributed by atoms with Crippen LogP contribution in [0.3, 0.4) is 0 Å². The Morgan fingerprint density at radius 1 is 1.03 bits per heavy atom. The number of nitrogens with zero attached hydrogens (tertiary/aromatic N) is 1. The number of hydrogen-bond acceptors (Lipinski definition) is 4. The van der Waals surface area contributed by atoms with Crippen molar-refractivity contribution in [3.63, 3.8) is 0 Å². The predicted molar refractivity (Wildman–Crippen MR) is 138 cm³/mol. The standard InChI is InChI=1S/C29H34N2O5/c1-19(25-11-5-7-21-6-2-3-10-26(21)25)30-24-9-4-8-23(16-24)20-12-14-22(15-13-20)29(36)31(17-27(32)33)18-28(34)35/h2-3,5-7,10-12,14-15,19-20,23-24,30H,4,8-9,13,16-18H2,1H3,(H,32,33)(H,34,35)/t19-,20?,23+,24+/m1/s1. The maximum Gasteiger partial charge on any atom is 0.323 e. The van der Waals surface area contributed by atoms with E-state index >= 15 is 0 Å². The van der Waals surface area contributed by atoms with E-state index in [0.717, 1.165) is 30.6 Å². The van der Waals surface area contributed by atoms with Crippen LogP contribution < -0.4 is 5.32 Å². The first-order chi connectivity index (χ1) is 17.3. The van der Waals surface area contributed by atoms with Gasteiger partial charge in [-0.3, -0.25) is 14.4 Å². The molecule has 190 valence electrons. The van der Waals surface area contributed by atoms with E-state index in [1.807, 2.05) is 12.2 Å². The number of carbonyl (C=O) groups is 3. The summed E-state index contributed by atoms with van der Waals surface area (Å²) in [6.07, 6.45) is 10.8. The fourth-order valence-corrected chi connectivity index (χ4v) is 5.69. The number of aliphatic carboxylic acids is 2. The number of carboxylic acid groups (broad SMARTS) is 2.